The molecule has 4 nitrogen and oxygen atoms in total. The van der Waals surface area contributed by atoms with Crippen molar-refractivity contribution in [3.05, 3.63) is 193 Å². The number of fused-ring (bicyclic) bond motifs is 12. The summed E-state index contributed by atoms with van der Waals surface area (Å²) < 4.78 is 5.11. The van der Waals surface area contributed by atoms with E-state index in [1.54, 1.807) is 0 Å². The number of rotatable bonds is 15. The number of benzene rings is 7. The summed E-state index contributed by atoms with van der Waals surface area (Å²) >= 11 is 0. The molecule has 0 saturated carbocycles. The predicted molar refractivity (Wildman–Crippen MR) is 274 cm³/mol. The first-order chi connectivity index (χ1) is 32.2. The molecule has 4 heterocycles. The highest BCUT2D eigenvalue weighted by atomic mass is 15.0. The van der Waals surface area contributed by atoms with Crippen molar-refractivity contribution >= 4 is 65.4 Å². The van der Waals surface area contributed by atoms with Gasteiger partial charge in [0.15, 0.2) is 0 Å². The van der Waals surface area contributed by atoms with E-state index >= 15 is 0 Å². The summed E-state index contributed by atoms with van der Waals surface area (Å²) in [5.41, 5.74) is 15.6. The molecule has 0 unspecified atom stereocenters. The molecule has 65 heavy (non-hydrogen) atoms. The number of unbranched alkanes of at least 4 members (excludes halogenated alkanes) is 6. The Hall–Kier alpha value is -7.04. The summed E-state index contributed by atoms with van der Waals surface area (Å²) in [7, 11) is 0. The first kappa shape index (κ1) is 39.5. The van der Waals surface area contributed by atoms with Crippen LogP contribution in [0.4, 0.5) is 0 Å². The number of pyridine rings is 2. The summed E-state index contributed by atoms with van der Waals surface area (Å²) in [6.07, 6.45) is 15.9. The van der Waals surface area contributed by atoms with Gasteiger partial charge in [0.05, 0.1) is 11.0 Å². The Morgan fingerprint density at radius 3 is 1.49 bits per heavy atom. The van der Waals surface area contributed by atoms with Crippen molar-refractivity contribution in [3.8, 4) is 22.3 Å². The lowest BCUT2D eigenvalue weighted by Crippen LogP contribution is -2.25. The number of hydrogen-bond acceptors (Lipinski definition) is 2. The fraction of sp³-hybridized carbons (Fsp3) is 0.213. The SMILES string of the molecule is c1ccc2c(c1)-c1ccc(-c3cnc4c(ccc5cccnc54)c3)cc1C2(CCCCCCn1c2ccccc2c2ccccc21)CCCCCCn1c2ccccc2c2ccccc21. The number of aryl methyl sites for hydroxylation is 2. The fourth-order valence-electron chi connectivity index (χ4n) is 11.8. The van der Waals surface area contributed by atoms with Gasteiger partial charge in [0.2, 0.25) is 0 Å². The van der Waals surface area contributed by atoms with E-state index in [9.17, 15) is 0 Å². The number of hydrogen-bond donors (Lipinski definition) is 0. The zero-order chi connectivity index (χ0) is 43.2. The average molecular weight is 843 g/mol. The Morgan fingerprint density at radius 1 is 0.369 bits per heavy atom. The normalized spacial score (nSPS) is 13.2. The molecule has 0 aliphatic heterocycles. The molecule has 0 saturated heterocycles. The third kappa shape index (κ3) is 6.90. The zero-order valence-electron chi connectivity index (χ0n) is 37.1. The van der Waals surface area contributed by atoms with Gasteiger partial charge in [-0.25, -0.2) is 0 Å². The predicted octanol–water partition coefficient (Wildman–Crippen LogP) is 16.2. The van der Waals surface area contributed by atoms with Crippen LogP contribution in [0, 0.1) is 0 Å². The monoisotopic (exact) mass is 842 g/mol. The Balaban J connectivity index is 0.815. The van der Waals surface area contributed by atoms with Crippen LogP contribution in [-0.4, -0.2) is 19.1 Å². The lowest BCUT2D eigenvalue weighted by Gasteiger charge is -2.33. The molecule has 4 aromatic heterocycles. The summed E-state index contributed by atoms with van der Waals surface area (Å²) in [5.74, 6) is 0. The Labute approximate surface area is 381 Å². The fourth-order valence-corrected chi connectivity index (χ4v) is 11.8. The maximum Gasteiger partial charge on any atom is 0.0964 e. The van der Waals surface area contributed by atoms with Gasteiger partial charge in [0.1, 0.15) is 0 Å². The lowest BCUT2D eigenvalue weighted by atomic mass is 9.70. The standard InChI is InChI=1S/C61H54N4/c1(3-17-38-64-55-27-11-6-22-49(55)50-23-7-12-28-56(50)64)15-35-61(36-16-2-4-18-39-65-57-29-13-8-24-51(57)52-25-9-14-30-58(52)65)53-26-10-5-21-47(53)48-34-33-44(41-54(48)61)46-40-45-32-31-43-20-19-37-62-59(43)60(45)63-42-46/h5-14,19-34,37,40-42H,1-4,15-18,35-36,38-39H2. The molecule has 0 bridgehead atoms. The highest BCUT2D eigenvalue weighted by Gasteiger charge is 2.42. The minimum atomic E-state index is -0.0357. The summed E-state index contributed by atoms with van der Waals surface area (Å²) in [6, 6.07) is 63.1. The molecule has 0 N–H and O–H groups in total. The van der Waals surface area contributed by atoms with Gasteiger partial charge >= 0.3 is 0 Å². The molecule has 1 aliphatic carbocycles. The molecule has 0 spiro atoms. The highest BCUT2D eigenvalue weighted by molar-refractivity contribution is 6.09. The second kappa shape index (κ2) is 16.8. The Kier molecular flexibility index (Phi) is 10.2. The highest BCUT2D eigenvalue weighted by Crippen LogP contribution is 2.55. The van der Waals surface area contributed by atoms with Crippen molar-refractivity contribution in [3.63, 3.8) is 0 Å². The van der Waals surface area contributed by atoms with Crippen molar-refractivity contribution in [2.24, 2.45) is 0 Å². The quantitative estimate of drug-likeness (QED) is 0.0761. The van der Waals surface area contributed by atoms with E-state index in [-0.39, 0.29) is 5.41 Å². The molecule has 318 valence electrons. The van der Waals surface area contributed by atoms with Gasteiger partial charge < -0.3 is 9.13 Å². The molecule has 0 atom stereocenters. The van der Waals surface area contributed by atoms with Gasteiger partial charge in [-0.3, -0.25) is 9.97 Å². The number of nitrogens with zero attached hydrogens (tertiary/aromatic N) is 4. The van der Waals surface area contributed by atoms with Gasteiger partial charge in [-0.1, -0.05) is 166 Å². The molecule has 11 aromatic rings. The molecule has 0 radical (unpaired) electrons. The van der Waals surface area contributed by atoms with Crippen LogP contribution >= 0.6 is 0 Å². The second-order valence-corrected chi connectivity index (χ2v) is 18.5. The molecule has 4 heteroatoms. The maximum absolute atomic E-state index is 5.05. The van der Waals surface area contributed by atoms with Crippen LogP contribution in [0.15, 0.2) is 182 Å². The summed E-state index contributed by atoms with van der Waals surface area (Å²) in [6.45, 7) is 2.10. The molecule has 1 aliphatic rings. The molecule has 0 amide bonds. The van der Waals surface area contributed by atoms with Gasteiger partial charge in [0, 0.05) is 90.8 Å². The summed E-state index contributed by atoms with van der Waals surface area (Å²) in [5, 5.41) is 7.70. The number of para-hydroxylation sites is 4. The molecule has 0 fully saturated rings. The topological polar surface area (TPSA) is 35.6 Å². The molecule has 7 aromatic carbocycles. The summed E-state index contributed by atoms with van der Waals surface area (Å²) in [4.78, 5) is 9.75. The van der Waals surface area contributed by atoms with Gasteiger partial charge in [0.25, 0.3) is 0 Å². The van der Waals surface area contributed by atoms with Crippen molar-refractivity contribution in [2.75, 3.05) is 0 Å². The van der Waals surface area contributed by atoms with Crippen molar-refractivity contribution in [1.29, 1.82) is 0 Å². The molecular weight excluding hydrogens is 789 g/mol. The van der Waals surface area contributed by atoms with Crippen molar-refractivity contribution in [1.82, 2.24) is 19.1 Å². The van der Waals surface area contributed by atoms with Crippen molar-refractivity contribution < 1.29 is 0 Å². The van der Waals surface area contributed by atoms with Crippen molar-refractivity contribution in [2.45, 2.75) is 82.7 Å². The lowest BCUT2D eigenvalue weighted by molar-refractivity contribution is 0.397. The third-order valence-electron chi connectivity index (χ3n) is 14.9. The third-order valence-corrected chi connectivity index (χ3v) is 14.9. The van der Waals surface area contributed by atoms with Crippen LogP contribution in [0.3, 0.4) is 0 Å². The van der Waals surface area contributed by atoms with Crippen LogP contribution < -0.4 is 0 Å². The van der Waals surface area contributed by atoms with E-state index < -0.39 is 0 Å². The van der Waals surface area contributed by atoms with Crippen LogP contribution in [0.5, 0.6) is 0 Å². The Morgan fingerprint density at radius 2 is 0.877 bits per heavy atom. The van der Waals surface area contributed by atoms with Crippen LogP contribution in [0.2, 0.25) is 0 Å². The van der Waals surface area contributed by atoms with E-state index in [0.717, 1.165) is 53.3 Å². The van der Waals surface area contributed by atoms with Gasteiger partial charge in [-0.05, 0) is 96.0 Å². The van der Waals surface area contributed by atoms with E-state index in [1.807, 2.05) is 12.3 Å². The second-order valence-electron chi connectivity index (χ2n) is 18.5. The minimum absolute atomic E-state index is 0.0357. The van der Waals surface area contributed by atoms with Gasteiger partial charge in [-0.15, -0.1) is 0 Å². The molecule has 12 rings (SSSR count). The largest absolute Gasteiger partial charge is 0.340 e. The van der Waals surface area contributed by atoms with Crippen LogP contribution in [-0.2, 0) is 18.5 Å². The van der Waals surface area contributed by atoms with Gasteiger partial charge in [-0.2, -0.15) is 0 Å². The van der Waals surface area contributed by atoms with E-state index in [4.69, 9.17) is 9.97 Å². The van der Waals surface area contributed by atoms with E-state index in [1.165, 1.54) is 123 Å². The van der Waals surface area contributed by atoms with E-state index in [2.05, 4.69) is 179 Å². The first-order valence-corrected chi connectivity index (χ1v) is 24.1. The maximum atomic E-state index is 5.05. The zero-order valence-corrected chi connectivity index (χ0v) is 37.1. The minimum Gasteiger partial charge on any atom is -0.340 e. The smallest absolute Gasteiger partial charge is 0.0964 e. The number of aromatic nitrogens is 4. The van der Waals surface area contributed by atoms with E-state index in [0.29, 0.717) is 0 Å². The first-order valence-electron chi connectivity index (χ1n) is 24.1. The molecular formula is C61H54N4. The van der Waals surface area contributed by atoms with Crippen LogP contribution in [0.1, 0.15) is 75.3 Å². The Bertz CT molecular complexity index is 3300. The van der Waals surface area contributed by atoms with Crippen LogP contribution in [0.25, 0.3) is 87.7 Å². The average Bonchev–Trinajstić information content (AvgIpc) is 3.97.